The van der Waals surface area contributed by atoms with E-state index >= 15 is 0 Å². The van der Waals surface area contributed by atoms with Crippen molar-refractivity contribution in [3.8, 4) is 5.75 Å². The van der Waals surface area contributed by atoms with Crippen LogP contribution in [0.2, 0.25) is 0 Å². The van der Waals surface area contributed by atoms with Gasteiger partial charge < -0.3 is 10.1 Å². The van der Waals surface area contributed by atoms with E-state index in [0.717, 1.165) is 25.3 Å². The van der Waals surface area contributed by atoms with E-state index in [0.29, 0.717) is 0 Å². The predicted molar refractivity (Wildman–Crippen MR) is 57.5 cm³/mol. The van der Waals surface area contributed by atoms with Crippen molar-refractivity contribution in [2.24, 2.45) is 0 Å². The van der Waals surface area contributed by atoms with Gasteiger partial charge in [-0.3, -0.25) is 0 Å². The van der Waals surface area contributed by atoms with Gasteiger partial charge in [0.15, 0.2) is 0 Å². The third-order valence-electron chi connectivity index (χ3n) is 2.62. The summed E-state index contributed by atoms with van der Waals surface area (Å²) in [4.78, 5) is 0. The molecule has 15 heavy (non-hydrogen) atoms. The van der Waals surface area contributed by atoms with E-state index in [1.54, 1.807) is 12.1 Å². The molecule has 1 unspecified atom stereocenters. The van der Waals surface area contributed by atoms with Gasteiger partial charge in [-0.05, 0) is 50.1 Å². The van der Waals surface area contributed by atoms with E-state index in [2.05, 4.69) is 5.32 Å². The summed E-state index contributed by atoms with van der Waals surface area (Å²) in [5, 5.41) is 3.33. The highest BCUT2D eigenvalue weighted by Crippen LogP contribution is 2.16. The topological polar surface area (TPSA) is 21.3 Å². The number of benzene rings is 1. The van der Waals surface area contributed by atoms with Crippen molar-refractivity contribution in [2.45, 2.75) is 25.4 Å². The summed E-state index contributed by atoms with van der Waals surface area (Å²) < 4.78 is 18.4. The minimum absolute atomic E-state index is 0.220. The van der Waals surface area contributed by atoms with Crippen molar-refractivity contribution in [1.82, 2.24) is 5.32 Å². The molecule has 1 aliphatic heterocycles. The second kappa shape index (κ2) is 5.12. The van der Waals surface area contributed by atoms with Crippen LogP contribution in [0.25, 0.3) is 0 Å². The fourth-order valence-corrected chi connectivity index (χ4v) is 1.79. The van der Waals surface area contributed by atoms with Gasteiger partial charge >= 0.3 is 0 Å². The Labute approximate surface area is 89.4 Å². The summed E-state index contributed by atoms with van der Waals surface area (Å²) in [6, 6.07) is 6.22. The maximum atomic E-state index is 12.7. The van der Waals surface area contributed by atoms with Crippen LogP contribution in [0.5, 0.6) is 5.75 Å². The van der Waals surface area contributed by atoms with E-state index in [9.17, 15) is 4.39 Å². The summed E-state index contributed by atoms with van der Waals surface area (Å²) in [5.74, 6) is 0.534. The number of nitrogens with one attached hydrogen (secondary N) is 1. The standard InChI is InChI=1S/C12H16FNO/c13-10-4-6-11(7-5-10)15-12-3-1-2-8-14-9-12/h4-7,12,14H,1-3,8-9H2. The van der Waals surface area contributed by atoms with E-state index < -0.39 is 0 Å². The van der Waals surface area contributed by atoms with Gasteiger partial charge in [0.05, 0.1) is 0 Å². The van der Waals surface area contributed by atoms with Gasteiger partial charge in [-0.2, -0.15) is 0 Å². The molecule has 3 heteroatoms. The summed E-state index contributed by atoms with van der Waals surface area (Å²) in [6.07, 6.45) is 3.70. The highest BCUT2D eigenvalue weighted by Gasteiger charge is 2.12. The van der Waals surface area contributed by atoms with Crippen LogP contribution in [-0.4, -0.2) is 19.2 Å². The van der Waals surface area contributed by atoms with Crippen molar-refractivity contribution in [2.75, 3.05) is 13.1 Å². The van der Waals surface area contributed by atoms with Gasteiger partial charge in [-0.1, -0.05) is 0 Å². The summed E-state index contributed by atoms with van der Waals surface area (Å²) >= 11 is 0. The minimum Gasteiger partial charge on any atom is -0.489 e. The zero-order chi connectivity index (χ0) is 10.5. The average Bonchev–Trinajstić information content (AvgIpc) is 2.50. The van der Waals surface area contributed by atoms with E-state index in [1.807, 2.05) is 0 Å². The monoisotopic (exact) mass is 209 g/mol. The quantitative estimate of drug-likeness (QED) is 0.807. The fraction of sp³-hybridized carbons (Fsp3) is 0.500. The third kappa shape index (κ3) is 3.20. The van der Waals surface area contributed by atoms with Gasteiger partial charge in [0.25, 0.3) is 0 Å². The number of ether oxygens (including phenoxy) is 1. The van der Waals surface area contributed by atoms with E-state index in [1.165, 1.54) is 25.0 Å². The molecule has 1 N–H and O–H groups in total. The lowest BCUT2D eigenvalue weighted by Gasteiger charge is -2.16. The molecular weight excluding hydrogens is 193 g/mol. The van der Waals surface area contributed by atoms with Crippen LogP contribution in [0.3, 0.4) is 0 Å². The second-order valence-electron chi connectivity index (χ2n) is 3.89. The molecule has 1 fully saturated rings. The predicted octanol–water partition coefficient (Wildman–Crippen LogP) is 2.35. The molecule has 1 aromatic rings. The maximum Gasteiger partial charge on any atom is 0.123 e. The van der Waals surface area contributed by atoms with Gasteiger partial charge in [0, 0.05) is 6.54 Å². The molecule has 0 amide bonds. The van der Waals surface area contributed by atoms with Gasteiger partial charge in [0.2, 0.25) is 0 Å². The number of halogens is 1. The Hall–Kier alpha value is -1.09. The first-order chi connectivity index (χ1) is 7.34. The van der Waals surface area contributed by atoms with Crippen LogP contribution >= 0.6 is 0 Å². The molecule has 82 valence electrons. The summed E-state index contributed by atoms with van der Waals surface area (Å²) in [5.41, 5.74) is 0. The van der Waals surface area contributed by atoms with Crippen molar-refractivity contribution >= 4 is 0 Å². The Morgan fingerprint density at radius 1 is 1.20 bits per heavy atom. The lowest BCUT2D eigenvalue weighted by molar-refractivity contribution is 0.194. The first-order valence-corrected chi connectivity index (χ1v) is 5.47. The van der Waals surface area contributed by atoms with Gasteiger partial charge in [-0.15, -0.1) is 0 Å². The Bertz CT molecular complexity index is 291. The molecule has 0 saturated carbocycles. The molecule has 2 nitrogen and oxygen atoms in total. The Balaban J connectivity index is 1.92. The molecule has 1 aromatic carbocycles. The molecule has 1 heterocycles. The van der Waals surface area contributed by atoms with Crippen LogP contribution in [0.1, 0.15) is 19.3 Å². The van der Waals surface area contributed by atoms with Crippen LogP contribution < -0.4 is 10.1 Å². The van der Waals surface area contributed by atoms with E-state index in [4.69, 9.17) is 4.74 Å². The first-order valence-electron chi connectivity index (χ1n) is 5.47. The SMILES string of the molecule is Fc1ccc(OC2CCCCNC2)cc1. The third-order valence-corrected chi connectivity index (χ3v) is 2.62. The number of hydrogen-bond donors (Lipinski definition) is 1. The fourth-order valence-electron chi connectivity index (χ4n) is 1.79. The zero-order valence-corrected chi connectivity index (χ0v) is 8.71. The van der Waals surface area contributed by atoms with E-state index in [-0.39, 0.29) is 11.9 Å². The molecular formula is C12H16FNO. The molecule has 0 bridgehead atoms. The van der Waals surface area contributed by atoms with Crippen molar-refractivity contribution in [3.05, 3.63) is 30.1 Å². The highest BCUT2D eigenvalue weighted by atomic mass is 19.1. The van der Waals surface area contributed by atoms with Crippen molar-refractivity contribution in [3.63, 3.8) is 0 Å². The Kier molecular flexibility index (Phi) is 3.56. The smallest absolute Gasteiger partial charge is 0.123 e. The highest BCUT2D eigenvalue weighted by molar-refractivity contribution is 5.22. The molecule has 1 saturated heterocycles. The second-order valence-corrected chi connectivity index (χ2v) is 3.89. The lowest BCUT2D eigenvalue weighted by Crippen LogP contribution is -2.29. The zero-order valence-electron chi connectivity index (χ0n) is 8.71. The van der Waals surface area contributed by atoms with Gasteiger partial charge in [0.1, 0.15) is 17.7 Å². The molecule has 1 aliphatic rings. The van der Waals surface area contributed by atoms with Crippen LogP contribution in [0.15, 0.2) is 24.3 Å². The molecule has 0 radical (unpaired) electrons. The van der Waals surface area contributed by atoms with Crippen molar-refractivity contribution < 1.29 is 9.13 Å². The molecule has 1 atom stereocenters. The number of rotatable bonds is 2. The largest absolute Gasteiger partial charge is 0.489 e. The molecule has 0 aliphatic carbocycles. The van der Waals surface area contributed by atoms with Crippen LogP contribution in [-0.2, 0) is 0 Å². The van der Waals surface area contributed by atoms with Gasteiger partial charge in [-0.25, -0.2) is 4.39 Å². The van der Waals surface area contributed by atoms with Crippen molar-refractivity contribution in [1.29, 1.82) is 0 Å². The molecule has 2 rings (SSSR count). The normalized spacial score (nSPS) is 22.1. The Morgan fingerprint density at radius 2 is 2.00 bits per heavy atom. The first kappa shape index (κ1) is 10.4. The molecule has 0 spiro atoms. The molecule has 0 aromatic heterocycles. The van der Waals surface area contributed by atoms with Crippen LogP contribution in [0, 0.1) is 5.82 Å². The maximum absolute atomic E-state index is 12.7. The summed E-state index contributed by atoms with van der Waals surface area (Å²) in [7, 11) is 0. The number of hydrogen-bond acceptors (Lipinski definition) is 2. The average molecular weight is 209 g/mol. The van der Waals surface area contributed by atoms with Crippen LogP contribution in [0.4, 0.5) is 4.39 Å². The minimum atomic E-state index is -0.221. The Morgan fingerprint density at radius 3 is 2.80 bits per heavy atom. The lowest BCUT2D eigenvalue weighted by atomic mass is 10.2. The summed E-state index contributed by atoms with van der Waals surface area (Å²) in [6.45, 7) is 1.96.